The van der Waals surface area contributed by atoms with Crippen LogP contribution in [-0.2, 0) is 45.4 Å². The Morgan fingerprint density at radius 3 is 0.953 bits per heavy atom. The van der Waals surface area contributed by atoms with Crippen molar-refractivity contribution in [2.75, 3.05) is 28.2 Å². The largest absolute Gasteiger partial charge is 0.443 e. The minimum atomic E-state index is -2.74. The van der Waals surface area contributed by atoms with Gasteiger partial charge >= 0.3 is 0 Å². The number of fused-ring (bicyclic) bond motifs is 8. The van der Waals surface area contributed by atoms with Gasteiger partial charge in [0.05, 0.1) is 106 Å². The van der Waals surface area contributed by atoms with E-state index in [2.05, 4.69) is 92.6 Å². The average Bonchev–Trinajstić information content (AvgIpc) is 1.57. The van der Waals surface area contributed by atoms with Crippen molar-refractivity contribution in [3.8, 4) is 79.8 Å². The number of aryl methyl sites for hydroxylation is 2. The predicted octanol–water partition coefficient (Wildman–Crippen LogP) is 17.0. The van der Waals surface area contributed by atoms with Gasteiger partial charge in [-0.2, -0.15) is 10.2 Å². The zero-order valence-corrected chi connectivity index (χ0v) is 71.8. The van der Waals surface area contributed by atoms with Crippen molar-refractivity contribution >= 4 is 67.0 Å². The molecule has 16 heterocycles. The number of amides is 4. The Bertz CT molecular complexity index is 6750. The summed E-state index contributed by atoms with van der Waals surface area (Å²) in [4.78, 5) is 113. The van der Waals surface area contributed by atoms with Crippen LogP contribution in [0.5, 0.6) is 0 Å². The Labute approximate surface area is 729 Å². The molecule has 12 aromatic heterocycles. The average molecular weight is 1730 g/mol. The molecule has 30 nitrogen and oxygen atoms in total. The molecular weight excluding hydrogens is 1640 g/mol. The SMILES string of the molecule is C[C@@H]1C(=O)N(C)Cc2c(-c3cccc4cc(-c5ncco5)ncc34)nc(C3CC3)n21.C[C@H]1C(=O)N(C)Cc2c(-c3cccc4cc(-c5ncco5)ncc34)nc(C3CC3)n21.Cc1ncn(-c2nc3cccc(-c4nc(C5CC5)n5c4CN(C)C(=O)[C@@H]5C)c3cc2C(F)F)n1.Cc1ncn(-c2nc3cccc(-c4nc(C5CC5)n5c4CN(C)C(=O)[C@H]5C)c3cc2C(F)F)n1. The maximum Gasteiger partial charge on any atom is 0.267 e. The van der Waals surface area contributed by atoms with Gasteiger partial charge in [0.2, 0.25) is 35.4 Å². The number of nitrogens with zero attached hydrogens (tertiary/aromatic N) is 24. The molecule has 4 fully saturated rings. The second-order valence-electron chi connectivity index (χ2n) is 34.6. The lowest BCUT2D eigenvalue weighted by Gasteiger charge is -2.31. The van der Waals surface area contributed by atoms with Gasteiger partial charge in [-0.3, -0.25) is 29.1 Å². The van der Waals surface area contributed by atoms with E-state index >= 15 is 0 Å². The standard InChI is InChI=1S/2C24H23F2N7O.2C23H21N5O2/c2*1-12-24(34)31(3)10-19-20(29-22(33(12)19)14-7-8-14)15-5-4-6-18-16(15)9-17(21(25)26)23(28-18)32-11-27-13(2)30-32;2*1-13-23(29)27(2)12-19-20(26-21(28(13)19)14-6-7-14)16-5-3-4-15-10-18(25-11-17(15)16)22-24-8-9-30-22/h2*4-6,9,11-12,14,21H,7-8,10H2,1-3H3;2*3-5,8-11,13-14H,6-7,12H2,1-2H3/t2*12-;2*13-/m1010/s1. The first-order valence-corrected chi connectivity index (χ1v) is 43.1. The topological polar surface area (TPSA) is 318 Å². The zero-order valence-electron chi connectivity index (χ0n) is 71.8. The molecule has 4 aliphatic carbocycles. The van der Waals surface area contributed by atoms with Gasteiger partial charge < -0.3 is 46.7 Å². The molecule has 4 saturated carbocycles. The molecule has 4 aliphatic heterocycles. The van der Waals surface area contributed by atoms with Gasteiger partial charge in [0.1, 0.15) is 95.7 Å². The second-order valence-corrected chi connectivity index (χ2v) is 34.6. The third kappa shape index (κ3) is 14.1. The number of pyridine rings is 4. The Kier molecular flexibility index (Phi) is 19.8. The molecule has 0 saturated heterocycles. The highest BCUT2D eigenvalue weighted by Gasteiger charge is 2.44. The van der Waals surface area contributed by atoms with Gasteiger partial charge in [-0.25, -0.2) is 76.8 Å². The van der Waals surface area contributed by atoms with Crippen molar-refractivity contribution in [2.45, 2.75) is 180 Å². The lowest BCUT2D eigenvalue weighted by atomic mass is 10.0. The summed E-state index contributed by atoms with van der Waals surface area (Å²) >= 11 is 0. The van der Waals surface area contributed by atoms with Gasteiger partial charge in [-0.1, -0.05) is 60.7 Å². The van der Waals surface area contributed by atoms with E-state index in [0.29, 0.717) is 106 Å². The molecule has 34 heteroatoms. The van der Waals surface area contributed by atoms with Crippen LogP contribution in [0.4, 0.5) is 17.6 Å². The molecule has 4 atom stereocenters. The van der Waals surface area contributed by atoms with Crippen molar-refractivity contribution in [3.05, 3.63) is 216 Å². The summed E-state index contributed by atoms with van der Waals surface area (Å²) in [5.74, 6) is 7.96. The monoisotopic (exact) mass is 1720 g/mol. The number of hydrogen-bond acceptors (Lipinski definition) is 20. The van der Waals surface area contributed by atoms with Crippen molar-refractivity contribution in [2.24, 2.45) is 0 Å². The minimum Gasteiger partial charge on any atom is -0.443 e. The maximum absolute atomic E-state index is 14.2. The van der Waals surface area contributed by atoms with Crippen LogP contribution in [0.2, 0.25) is 0 Å². The first-order valence-electron chi connectivity index (χ1n) is 43.1. The number of hydrogen-bond donors (Lipinski definition) is 0. The number of alkyl halides is 4. The minimum absolute atomic E-state index is 0.0469. The van der Waals surface area contributed by atoms with Crippen LogP contribution in [-0.4, -0.2) is 169 Å². The van der Waals surface area contributed by atoms with Crippen LogP contribution >= 0.6 is 0 Å². The third-order valence-electron chi connectivity index (χ3n) is 25.7. The number of oxazole rings is 2. The van der Waals surface area contributed by atoms with Gasteiger partial charge in [0, 0.05) is 108 Å². The van der Waals surface area contributed by atoms with E-state index in [0.717, 1.165) is 164 Å². The van der Waals surface area contributed by atoms with Gasteiger partial charge in [0.15, 0.2) is 11.6 Å². The van der Waals surface area contributed by atoms with Gasteiger partial charge in [-0.05, 0) is 140 Å². The highest BCUT2D eigenvalue weighted by Crippen LogP contribution is 2.51. The fraction of sp³-hybridized carbons (Fsp3) is 0.340. The first kappa shape index (κ1) is 80.8. The molecule has 16 aromatic rings. The Hall–Kier alpha value is -14.3. The van der Waals surface area contributed by atoms with Crippen molar-refractivity contribution in [1.29, 1.82) is 0 Å². The first-order chi connectivity index (χ1) is 61.9. The summed E-state index contributed by atoms with van der Waals surface area (Å²) in [6.45, 7) is 13.1. The van der Waals surface area contributed by atoms with Crippen molar-refractivity contribution < 1.29 is 45.6 Å². The van der Waals surface area contributed by atoms with E-state index in [1.54, 1.807) is 84.6 Å². The summed E-state index contributed by atoms with van der Waals surface area (Å²) in [7, 11) is 7.29. The zero-order chi connectivity index (χ0) is 88.3. The molecular formula is C94H88F4N24O6. The number of halogens is 4. The van der Waals surface area contributed by atoms with E-state index in [-0.39, 0.29) is 70.6 Å². The Morgan fingerprint density at radius 2 is 0.680 bits per heavy atom. The van der Waals surface area contributed by atoms with Crippen LogP contribution in [0.25, 0.3) is 123 Å². The highest BCUT2D eigenvalue weighted by atomic mass is 19.3. The summed E-state index contributed by atoms with van der Waals surface area (Å²) < 4.78 is 78.5. The number of imidazole rings is 4. The number of carbonyl (C=O) groups excluding carboxylic acids is 4. The van der Waals surface area contributed by atoms with Gasteiger partial charge in [0.25, 0.3) is 12.9 Å². The molecule has 8 aliphatic rings. The maximum atomic E-state index is 14.2. The van der Waals surface area contributed by atoms with Crippen LogP contribution in [0.3, 0.4) is 0 Å². The van der Waals surface area contributed by atoms with E-state index in [1.165, 1.54) is 34.2 Å². The molecule has 4 aromatic carbocycles. The number of likely N-dealkylation sites (N-methyl/N-ethyl adjacent to an activating group) is 4. The molecule has 128 heavy (non-hydrogen) atoms. The Morgan fingerprint density at radius 1 is 0.375 bits per heavy atom. The van der Waals surface area contributed by atoms with Gasteiger partial charge in [-0.15, -0.1) is 0 Å². The van der Waals surface area contributed by atoms with Crippen LogP contribution in [0.1, 0.15) is 209 Å². The lowest BCUT2D eigenvalue weighted by Crippen LogP contribution is -2.39. The predicted molar refractivity (Wildman–Crippen MR) is 465 cm³/mol. The number of rotatable bonds is 14. The molecule has 4 amide bonds. The second kappa shape index (κ2) is 31.4. The van der Waals surface area contributed by atoms with E-state index in [1.807, 2.05) is 103 Å². The summed E-state index contributed by atoms with van der Waals surface area (Å²) in [5, 5.41) is 13.7. The smallest absolute Gasteiger partial charge is 0.267 e. The molecule has 0 bridgehead atoms. The normalized spacial score (nSPS) is 18.5. The Balaban J connectivity index is 0.000000104. The number of benzene rings is 4. The molecule has 24 rings (SSSR count). The van der Waals surface area contributed by atoms with E-state index in [9.17, 15) is 36.7 Å². The number of aromatic nitrogens is 20. The lowest BCUT2D eigenvalue weighted by molar-refractivity contribution is -0.136. The van der Waals surface area contributed by atoms with Crippen molar-refractivity contribution in [3.63, 3.8) is 0 Å². The molecule has 0 radical (unpaired) electrons. The van der Waals surface area contributed by atoms with Crippen molar-refractivity contribution in [1.82, 2.24) is 117 Å². The molecule has 648 valence electrons. The fourth-order valence-corrected chi connectivity index (χ4v) is 18.7. The molecule has 0 N–H and O–H groups in total. The highest BCUT2D eigenvalue weighted by molar-refractivity contribution is 6.01. The summed E-state index contributed by atoms with van der Waals surface area (Å²) in [6.07, 6.45) is 16.1. The van der Waals surface area contributed by atoms with Crippen LogP contribution < -0.4 is 0 Å². The molecule has 0 spiro atoms. The fourth-order valence-electron chi connectivity index (χ4n) is 18.7. The van der Waals surface area contributed by atoms with Crippen LogP contribution in [0.15, 0.2) is 156 Å². The summed E-state index contributed by atoms with van der Waals surface area (Å²) in [6, 6.07) is 29.3. The van der Waals surface area contributed by atoms with Crippen LogP contribution in [0, 0.1) is 13.8 Å². The molecule has 0 unspecified atom stereocenters. The quantitative estimate of drug-likeness (QED) is 0.0913. The third-order valence-corrected chi connectivity index (χ3v) is 25.7. The van der Waals surface area contributed by atoms with E-state index < -0.39 is 12.9 Å². The summed E-state index contributed by atoms with van der Waals surface area (Å²) in [5.41, 5.74) is 13.1. The number of carbonyl (C=O) groups is 4. The van der Waals surface area contributed by atoms with E-state index in [4.69, 9.17) is 28.8 Å².